The number of hydrogen-bond donors (Lipinski definition) is 0. The molecule has 5 nitrogen and oxygen atoms in total. The lowest BCUT2D eigenvalue weighted by atomic mass is 9.45. The second kappa shape index (κ2) is 7.73. The van der Waals surface area contributed by atoms with Crippen molar-refractivity contribution in [1.29, 1.82) is 0 Å². The van der Waals surface area contributed by atoms with Gasteiger partial charge < -0.3 is 9.47 Å². The maximum atomic E-state index is 13.2. The first-order chi connectivity index (χ1) is 16.0. The summed E-state index contributed by atoms with van der Waals surface area (Å²) in [5, 5.41) is 0. The Morgan fingerprint density at radius 1 is 1.03 bits per heavy atom. The molecule has 34 heavy (non-hydrogen) atoms. The first-order valence-electron chi connectivity index (χ1n) is 12.6. The number of esters is 1. The lowest BCUT2D eigenvalue weighted by Crippen LogP contribution is -2.56. The third-order valence-corrected chi connectivity index (χ3v) is 9.44. The van der Waals surface area contributed by atoms with Crippen LogP contribution in [0.1, 0.15) is 73.6 Å². The van der Waals surface area contributed by atoms with Gasteiger partial charge in [0, 0.05) is 17.2 Å². The highest BCUT2D eigenvalue weighted by molar-refractivity contribution is 6.09. The fourth-order valence-corrected chi connectivity index (χ4v) is 7.78. The summed E-state index contributed by atoms with van der Waals surface area (Å²) in [6.45, 7) is 13.0. The van der Waals surface area contributed by atoms with Crippen molar-refractivity contribution in [2.75, 3.05) is 4.90 Å². The Morgan fingerprint density at radius 2 is 1.74 bits per heavy atom. The number of fused-ring (bicyclic) bond motifs is 3. The molecule has 182 valence electrons. The van der Waals surface area contributed by atoms with Gasteiger partial charge in [-0.1, -0.05) is 45.4 Å². The van der Waals surface area contributed by atoms with E-state index in [1.807, 2.05) is 44.2 Å². The number of carbonyl (C=O) groups is 2. The van der Waals surface area contributed by atoms with Crippen molar-refractivity contribution in [3.05, 3.63) is 53.3 Å². The minimum Gasteiger partial charge on any atom is -0.473 e. The summed E-state index contributed by atoms with van der Waals surface area (Å²) in [6, 6.07) is 9.57. The minimum atomic E-state index is -0.572. The van der Waals surface area contributed by atoms with E-state index in [9.17, 15) is 9.59 Å². The summed E-state index contributed by atoms with van der Waals surface area (Å²) in [5.74, 6) is 0.178. The van der Waals surface area contributed by atoms with Crippen LogP contribution in [0.15, 0.2) is 53.3 Å². The quantitative estimate of drug-likeness (QED) is 0.306. The standard InChI is InChI=1S/C29H37NO4/c1-18-19(2)25(30(24(18)31)20-11-8-7-9-12-20)33-17-21-23-28(5)15-10-14-27(3,4)22(28)13-16-29(23,6)34-26(21)32/h7-9,11-12,17,22-23,25H,10,13-16H2,1-6H3/b21-17+/t22-,23+,25?,28-,29+/m0/s1. The number of hydrogen-bond acceptors (Lipinski definition) is 4. The van der Waals surface area contributed by atoms with E-state index < -0.39 is 11.8 Å². The van der Waals surface area contributed by atoms with E-state index in [-0.39, 0.29) is 28.6 Å². The SMILES string of the molecule is CC1=C(C)C(O/C=C2/C(=O)O[C@]3(C)CC[C@H]4C(C)(C)CCC[C@]4(C)[C@@H]23)N(c2ccccc2)C1=O. The molecule has 1 unspecified atom stereocenters. The Kier molecular flexibility index (Phi) is 5.27. The zero-order valence-corrected chi connectivity index (χ0v) is 21.3. The van der Waals surface area contributed by atoms with Crippen LogP contribution in [0.2, 0.25) is 0 Å². The van der Waals surface area contributed by atoms with Crippen molar-refractivity contribution in [3.63, 3.8) is 0 Å². The van der Waals surface area contributed by atoms with Gasteiger partial charge in [0.15, 0.2) is 0 Å². The van der Waals surface area contributed by atoms with Crippen LogP contribution < -0.4 is 4.90 Å². The molecular formula is C29H37NO4. The molecular weight excluding hydrogens is 426 g/mol. The van der Waals surface area contributed by atoms with E-state index in [0.717, 1.165) is 36.9 Å². The van der Waals surface area contributed by atoms with E-state index in [4.69, 9.17) is 9.47 Å². The van der Waals surface area contributed by atoms with Gasteiger partial charge in [-0.15, -0.1) is 0 Å². The summed E-state index contributed by atoms with van der Waals surface area (Å²) in [4.78, 5) is 28.0. The first-order valence-corrected chi connectivity index (χ1v) is 12.6. The molecule has 1 saturated heterocycles. The van der Waals surface area contributed by atoms with Crippen LogP contribution in [0, 0.1) is 22.7 Å². The number of nitrogens with zero attached hydrogens (tertiary/aromatic N) is 1. The summed E-state index contributed by atoms with van der Waals surface area (Å²) < 4.78 is 12.4. The molecule has 0 N–H and O–H groups in total. The Hall–Kier alpha value is -2.56. The van der Waals surface area contributed by atoms with E-state index >= 15 is 0 Å². The first kappa shape index (κ1) is 23.2. The number of amides is 1. The normalized spacial score (nSPS) is 38.1. The number of rotatable bonds is 3. The molecule has 3 fully saturated rings. The van der Waals surface area contributed by atoms with Crippen molar-refractivity contribution < 1.29 is 19.1 Å². The van der Waals surface area contributed by atoms with Gasteiger partial charge in [0.2, 0.25) is 6.23 Å². The number of anilines is 1. The summed E-state index contributed by atoms with van der Waals surface area (Å²) in [6.07, 6.45) is 6.49. The van der Waals surface area contributed by atoms with Gasteiger partial charge in [-0.25, -0.2) is 4.79 Å². The number of para-hydroxylation sites is 1. The average molecular weight is 464 g/mol. The fourth-order valence-electron chi connectivity index (χ4n) is 7.78. The summed E-state index contributed by atoms with van der Waals surface area (Å²) >= 11 is 0. The summed E-state index contributed by atoms with van der Waals surface area (Å²) in [5.41, 5.74) is 2.67. The Balaban J connectivity index is 1.52. The Morgan fingerprint density at radius 3 is 2.44 bits per heavy atom. The van der Waals surface area contributed by atoms with E-state index in [1.54, 1.807) is 11.2 Å². The van der Waals surface area contributed by atoms with Gasteiger partial charge in [0.05, 0.1) is 11.8 Å². The van der Waals surface area contributed by atoms with Gasteiger partial charge in [0.25, 0.3) is 5.91 Å². The zero-order chi connectivity index (χ0) is 24.5. The second-order valence-corrected chi connectivity index (χ2v) is 12.0. The van der Waals surface area contributed by atoms with Crippen LogP contribution in [0.3, 0.4) is 0 Å². The molecule has 1 amide bonds. The van der Waals surface area contributed by atoms with Crippen molar-refractivity contribution in [2.24, 2.45) is 22.7 Å². The molecule has 1 aromatic carbocycles. The molecule has 0 radical (unpaired) electrons. The maximum Gasteiger partial charge on any atom is 0.338 e. The molecule has 2 heterocycles. The van der Waals surface area contributed by atoms with Crippen molar-refractivity contribution in [1.82, 2.24) is 0 Å². The number of benzene rings is 1. The van der Waals surface area contributed by atoms with Crippen molar-refractivity contribution in [3.8, 4) is 0 Å². The molecule has 4 aliphatic rings. The molecule has 1 aromatic rings. The molecule has 5 rings (SSSR count). The topological polar surface area (TPSA) is 55.8 Å². The molecule has 2 aliphatic heterocycles. The molecule has 2 aliphatic carbocycles. The molecule has 5 heteroatoms. The predicted octanol–water partition coefficient (Wildman–Crippen LogP) is 6.15. The lowest BCUT2D eigenvalue weighted by Gasteiger charge is -2.59. The predicted molar refractivity (Wildman–Crippen MR) is 132 cm³/mol. The van der Waals surface area contributed by atoms with Crippen LogP contribution >= 0.6 is 0 Å². The van der Waals surface area contributed by atoms with Gasteiger partial charge in [-0.05, 0) is 80.9 Å². The lowest BCUT2D eigenvalue weighted by molar-refractivity contribution is -0.164. The van der Waals surface area contributed by atoms with Crippen molar-refractivity contribution in [2.45, 2.75) is 85.5 Å². The van der Waals surface area contributed by atoms with Crippen LogP contribution in [0.4, 0.5) is 5.69 Å². The van der Waals surface area contributed by atoms with Crippen LogP contribution in [0.5, 0.6) is 0 Å². The van der Waals surface area contributed by atoms with Gasteiger partial charge in [-0.3, -0.25) is 9.69 Å². The van der Waals surface area contributed by atoms with Gasteiger partial charge in [0.1, 0.15) is 5.60 Å². The molecule has 2 saturated carbocycles. The monoisotopic (exact) mass is 463 g/mol. The molecule has 0 bridgehead atoms. The van der Waals surface area contributed by atoms with Gasteiger partial charge in [-0.2, -0.15) is 0 Å². The van der Waals surface area contributed by atoms with E-state index in [0.29, 0.717) is 17.1 Å². The van der Waals surface area contributed by atoms with Crippen LogP contribution in [-0.2, 0) is 19.1 Å². The molecule has 0 aromatic heterocycles. The van der Waals surface area contributed by atoms with Gasteiger partial charge >= 0.3 is 5.97 Å². The highest BCUT2D eigenvalue weighted by Gasteiger charge is 2.65. The fraction of sp³-hybridized carbons (Fsp3) is 0.586. The smallest absolute Gasteiger partial charge is 0.338 e. The van der Waals surface area contributed by atoms with Crippen LogP contribution in [0.25, 0.3) is 0 Å². The second-order valence-electron chi connectivity index (χ2n) is 12.0. The largest absolute Gasteiger partial charge is 0.473 e. The summed E-state index contributed by atoms with van der Waals surface area (Å²) in [7, 11) is 0. The Labute approximate surface area is 203 Å². The zero-order valence-electron chi connectivity index (χ0n) is 21.3. The highest BCUT2D eigenvalue weighted by atomic mass is 16.6. The minimum absolute atomic E-state index is 0.0153. The maximum absolute atomic E-state index is 13.2. The van der Waals surface area contributed by atoms with Crippen LogP contribution in [-0.4, -0.2) is 23.7 Å². The number of carbonyl (C=O) groups excluding carboxylic acids is 2. The van der Waals surface area contributed by atoms with Crippen molar-refractivity contribution >= 4 is 17.6 Å². The third kappa shape index (κ3) is 3.26. The highest BCUT2D eigenvalue weighted by Crippen LogP contribution is 2.66. The van der Waals surface area contributed by atoms with E-state index in [2.05, 4.69) is 27.7 Å². The third-order valence-electron chi connectivity index (χ3n) is 9.44. The molecule has 0 spiro atoms. The average Bonchev–Trinajstić information content (AvgIpc) is 3.16. The molecule has 5 atom stereocenters. The number of ether oxygens (including phenoxy) is 2. The van der Waals surface area contributed by atoms with E-state index in [1.165, 1.54) is 6.42 Å². The Bertz CT molecular complexity index is 1090.